The summed E-state index contributed by atoms with van der Waals surface area (Å²) >= 11 is 0. The average molecular weight is 466 g/mol. The van der Waals surface area contributed by atoms with E-state index in [1.807, 2.05) is 18.2 Å². The van der Waals surface area contributed by atoms with E-state index in [-0.39, 0.29) is 36.0 Å². The molecule has 4 rings (SSSR count). The van der Waals surface area contributed by atoms with Crippen molar-refractivity contribution < 1.29 is 14.4 Å². The van der Waals surface area contributed by atoms with E-state index in [1.165, 1.54) is 34.1 Å². The molecule has 2 aliphatic rings. The normalized spacial score (nSPS) is 21.0. The van der Waals surface area contributed by atoms with Gasteiger partial charge in [-0.25, -0.2) is 0 Å². The molecule has 1 fully saturated rings. The lowest BCUT2D eigenvalue weighted by atomic mass is 9.95. The van der Waals surface area contributed by atoms with Gasteiger partial charge >= 0.3 is 0 Å². The molecular formula is C26H35N5O3. The maximum atomic E-state index is 13.3. The standard InChI is InChI=1S/C26H35N5O3/c1-26(25(34)28-20-14-8-3-4-9-15-20)18-31-22(24(33)30(26)2)17-21(29-31)23(32)27-16-10-13-19-11-6-5-7-12-19/h5-7,11-12,17,20H,3-4,8-10,13-16,18H2,1-2H3,(H,27,32)(H,28,34)/t26-/m1/s1. The first-order valence-electron chi connectivity index (χ1n) is 12.4. The predicted molar refractivity (Wildman–Crippen MR) is 129 cm³/mol. The summed E-state index contributed by atoms with van der Waals surface area (Å²) in [5.41, 5.74) is 0.692. The van der Waals surface area contributed by atoms with Crippen molar-refractivity contribution >= 4 is 17.7 Å². The Balaban J connectivity index is 1.38. The van der Waals surface area contributed by atoms with Gasteiger partial charge in [-0.15, -0.1) is 0 Å². The Bertz CT molecular complexity index is 1030. The van der Waals surface area contributed by atoms with Gasteiger partial charge in [-0.05, 0) is 38.2 Å². The second-order valence-electron chi connectivity index (χ2n) is 9.72. The summed E-state index contributed by atoms with van der Waals surface area (Å²) in [6.45, 7) is 2.50. The van der Waals surface area contributed by atoms with Crippen LogP contribution < -0.4 is 10.6 Å². The number of likely N-dealkylation sites (N-methyl/N-ethyl adjacent to an activating group) is 1. The Labute approximate surface area is 201 Å². The second kappa shape index (κ2) is 10.4. The smallest absolute Gasteiger partial charge is 0.272 e. The van der Waals surface area contributed by atoms with Gasteiger partial charge in [0.25, 0.3) is 11.8 Å². The molecule has 8 heteroatoms. The minimum absolute atomic E-state index is 0.145. The van der Waals surface area contributed by atoms with Gasteiger partial charge in [0.15, 0.2) is 5.69 Å². The Morgan fingerprint density at radius 3 is 2.53 bits per heavy atom. The molecule has 34 heavy (non-hydrogen) atoms. The second-order valence-corrected chi connectivity index (χ2v) is 9.72. The highest BCUT2D eigenvalue weighted by Gasteiger charge is 2.46. The van der Waals surface area contributed by atoms with Crippen molar-refractivity contribution in [1.82, 2.24) is 25.3 Å². The molecule has 1 aromatic carbocycles. The third-order valence-corrected chi connectivity index (χ3v) is 7.18. The Kier molecular flexibility index (Phi) is 7.34. The maximum Gasteiger partial charge on any atom is 0.272 e. The summed E-state index contributed by atoms with van der Waals surface area (Å²) in [5.74, 6) is -0.779. The molecule has 1 saturated carbocycles. The van der Waals surface area contributed by atoms with E-state index in [0.29, 0.717) is 12.2 Å². The molecule has 0 radical (unpaired) electrons. The van der Waals surface area contributed by atoms with Crippen molar-refractivity contribution in [3.63, 3.8) is 0 Å². The van der Waals surface area contributed by atoms with E-state index in [0.717, 1.165) is 38.5 Å². The van der Waals surface area contributed by atoms with Crippen molar-refractivity contribution in [1.29, 1.82) is 0 Å². The number of fused-ring (bicyclic) bond motifs is 1. The molecular weight excluding hydrogens is 430 g/mol. The molecule has 1 atom stereocenters. The lowest BCUT2D eigenvalue weighted by Crippen LogP contribution is -2.63. The molecule has 8 nitrogen and oxygen atoms in total. The van der Waals surface area contributed by atoms with Crippen LogP contribution in [0, 0.1) is 0 Å². The number of rotatable bonds is 7. The highest BCUT2D eigenvalue weighted by atomic mass is 16.2. The largest absolute Gasteiger partial charge is 0.351 e. The van der Waals surface area contributed by atoms with Crippen LogP contribution >= 0.6 is 0 Å². The van der Waals surface area contributed by atoms with Gasteiger partial charge in [-0.2, -0.15) is 5.10 Å². The molecule has 0 bridgehead atoms. The fourth-order valence-electron chi connectivity index (χ4n) is 4.83. The van der Waals surface area contributed by atoms with E-state index in [1.54, 1.807) is 14.0 Å². The first-order valence-corrected chi connectivity index (χ1v) is 12.4. The number of benzene rings is 1. The number of carbonyl (C=O) groups excluding carboxylic acids is 3. The summed E-state index contributed by atoms with van der Waals surface area (Å²) in [6.07, 6.45) is 8.27. The van der Waals surface area contributed by atoms with Crippen LogP contribution in [0.25, 0.3) is 0 Å². The van der Waals surface area contributed by atoms with Crippen LogP contribution in [-0.2, 0) is 17.8 Å². The minimum atomic E-state index is -1.06. The molecule has 1 aliphatic heterocycles. The lowest BCUT2D eigenvalue weighted by Gasteiger charge is -2.41. The van der Waals surface area contributed by atoms with Crippen LogP contribution in [-0.4, -0.2) is 57.6 Å². The molecule has 1 aliphatic carbocycles. The fourth-order valence-corrected chi connectivity index (χ4v) is 4.83. The lowest BCUT2D eigenvalue weighted by molar-refractivity contribution is -0.133. The fraction of sp³-hybridized carbons (Fsp3) is 0.538. The molecule has 1 aromatic heterocycles. The number of aryl methyl sites for hydroxylation is 1. The number of nitrogens with zero attached hydrogens (tertiary/aromatic N) is 3. The first-order chi connectivity index (χ1) is 16.4. The monoisotopic (exact) mass is 465 g/mol. The van der Waals surface area contributed by atoms with E-state index in [9.17, 15) is 14.4 Å². The van der Waals surface area contributed by atoms with Crippen molar-refractivity contribution in [2.45, 2.75) is 76.4 Å². The first kappa shape index (κ1) is 24.0. The minimum Gasteiger partial charge on any atom is -0.351 e. The maximum absolute atomic E-state index is 13.3. The third-order valence-electron chi connectivity index (χ3n) is 7.18. The summed E-state index contributed by atoms with van der Waals surface area (Å²) in [7, 11) is 1.65. The molecule has 2 N–H and O–H groups in total. The van der Waals surface area contributed by atoms with Gasteiger partial charge in [-0.1, -0.05) is 56.0 Å². The van der Waals surface area contributed by atoms with Crippen LogP contribution in [0.4, 0.5) is 0 Å². The zero-order chi connectivity index (χ0) is 24.1. The van der Waals surface area contributed by atoms with E-state index in [2.05, 4.69) is 27.9 Å². The number of nitrogens with one attached hydrogen (secondary N) is 2. The molecule has 0 spiro atoms. The van der Waals surface area contributed by atoms with E-state index >= 15 is 0 Å². The molecule has 0 unspecified atom stereocenters. The summed E-state index contributed by atoms with van der Waals surface area (Å²) in [4.78, 5) is 40.5. The van der Waals surface area contributed by atoms with Gasteiger partial charge in [0.1, 0.15) is 11.2 Å². The number of hydrogen-bond donors (Lipinski definition) is 2. The number of aromatic nitrogens is 2. The number of hydrogen-bond acceptors (Lipinski definition) is 4. The summed E-state index contributed by atoms with van der Waals surface area (Å²) < 4.78 is 1.51. The van der Waals surface area contributed by atoms with Crippen LogP contribution in [0.3, 0.4) is 0 Å². The van der Waals surface area contributed by atoms with Gasteiger partial charge < -0.3 is 15.5 Å². The van der Waals surface area contributed by atoms with Crippen LogP contribution in [0.2, 0.25) is 0 Å². The molecule has 2 aromatic rings. The van der Waals surface area contributed by atoms with Crippen molar-refractivity contribution in [2.24, 2.45) is 0 Å². The molecule has 182 valence electrons. The van der Waals surface area contributed by atoms with Gasteiger partial charge in [0, 0.05) is 25.7 Å². The van der Waals surface area contributed by atoms with Crippen LogP contribution in [0.5, 0.6) is 0 Å². The van der Waals surface area contributed by atoms with Crippen molar-refractivity contribution in [3.05, 3.63) is 53.3 Å². The zero-order valence-electron chi connectivity index (χ0n) is 20.2. The number of carbonyl (C=O) groups is 3. The third kappa shape index (κ3) is 5.16. The van der Waals surface area contributed by atoms with Gasteiger partial charge in [0.05, 0.1) is 6.54 Å². The Morgan fingerprint density at radius 1 is 1.12 bits per heavy atom. The quantitative estimate of drug-likeness (QED) is 0.485. The van der Waals surface area contributed by atoms with Crippen LogP contribution in [0.1, 0.15) is 78.4 Å². The SMILES string of the molecule is CN1C(=O)c2cc(C(=O)NCCCc3ccccc3)nn2C[C@]1(C)C(=O)NC1CCCCCC1. The summed E-state index contributed by atoms with van der Waals surface area (Å²) in [5, 5.41) is 10.5. The zero-order valence-corrected chi connectivity index (χ0v) is 20.2. The average Bonchev–Trinajstić information content (AvgIpc) is 3.09. The molecule has 0 saturated heterocycles. The van der Waals surface area contributed by atoms with E-state index < -0.39 is 5.54 Å². The van der Waals surface area contributed by atoms with Crippen molar-refractivity contribution in [2.75, 3.05) is 13.6 Å². The highest BCUT2D eigenvalue weighted by Crippen LogP contribution is 2.27. The Hall–Kier alpha value is -3.16. The van der Waals surface area contributed by atoms with Gasteiger partial charge in [-0.3, -0.25) is 19.1 Å². The number of amides is 3. The van der Waals surface area contributed by atoms with Crippen molar-refractivity contribution in [3.8, 4) is 0 Å². The molecule has 2 heterocycles. The molecule has 3 amide bonds. The van der Waals surface area contributed by atoms with E-state index in [4.69, 9.17) is 0 Å². The topological polar surface area (TPSA) is 96.3 Å². The highest BCUT2D eigenvalue weighted by molar-refractivity contribution is 6.01. The van der Waals surface area contributed by atoms with Gasteiger partial charge in [0.2, 0.25) is 5.91 Å². The summed E-state index contributed by atoms with van der Waals surface area (Å²) in [6, 6.07) is 11.8. The Morgan fingerprint density at radius 2 is 1.82 bits per heavy atom. The van der Waals surface area contributed by atoms with Crippen LogP contribution in [0.15, 0.2) is 36.4 Å². The predicted octanol–water partition coefficient (Wildman–Crippen LogP) is 2.93.